The van der Waals surface area contributed by atoms with E-state index in [-0.39, 0.29) is 24.3 Å². The predicted octanol–water partition coefficient (Wildman–Crippen LogP) is 2.63. The molecule has 0 unspecified atom stereocenters. The van der Waals surface area contributed by atoms with Gasteiger partial charge in [-0.3, -0.25) is 9.59 Å². The first-order chi connectivity index (χ1) is 10.5. The SMILES string of the molecule is CC(C)CN1C(=O)[C@H](CCCCCCN)C[C@@H]1CCC(=O)O. The second kappa shape index (κ2) is 9.82. The number of carboxylic acid groups (broad SMARTS) is 1. The zero-order chi connectivity index (χ0) is 16.5. The van der Waals surface area contributed by atoms with Crippen molar-refractivity contribution in [2.75, 3.05) is 13.1 Å². The molecule has 128 valence electrons. The molecule has 1 saturated heterocycles. The van der Waals surface area contributed by atoms with E-state index in [0.717, 1.165) is 51.6 Å². The summed E-state index contributed by atoms with van der Waals surface area (Å²) in [5.41, 5.74) is 5.49. The fraction of sp³-hybridized carbons (Fsp3) is 0.882. The Morgan fingerprint density at radius 3 is 2.55 bits per heavy atom. The summed E-state index contributed by atoms with van der Waals surface area (Å²) < 4.78 is 0. The van der Waals surface area contributed by atoms with Crippen molar-refractivity contribution in [1.29, 1.82) is 0 Å². The zero-order valence-electron chi connectivity index (χ0n) is 14.1. The first kappa shape index (κ1) is 18.9. The summed E-state index contributed by atoms with van der Waals surface area (Å²) in [5, 5.41) is 8.88. The van der Waals surface area contributed by atoms with E-state index in [4.69, 9.17) is 10.8 Å². The van der Waals surface area contributed by atoms with E-state index in [9.17, 15) is 9.59 Å². The molecular formula is C17H32N2O3. The number of amides is 1. The fourth-order valence-corrected chi connectivity index (χ4v) is 3.30. The van der Waals surface area contributed by atoms with Crippen LogP contribution in [0, 0.1) is 11.8 Å². The van der Waals surface area contributed by atoms with Crippen molar-refractivity contribution in [2.24, 2.45) is 17.6 Å². The van der Waals surface area contributed by atoms with Crippen molar-refractivity contribution in [3.63, 3.8) is 0 Å². The van der Waals surface area contributed by atoms with Crippen LogP contribution in [0.3, 0.4) is 0 Å². The Hall–Kier alpha value is -1.10. The van der Waals surface area contributed by atoms with Gasteiger partial charge in [-0.1, -0.05) is 33.1 Å². The van der Waals surface area contributed by atoms with Crippen LogP contribution in [0.4, 0.5) is 0 Å². The summed E-state index contributed by atoms with van der Waals surface area (Å²) in [6, 6.07) is 0.111. The number of aliphatic carboxylic acids is 1. The third-order valence-corrected chi connectivity index (χ3v) is 4.39. The molecule has 3 N–H and O–H groups in total. The van der Waals surface area contributed by atoms with Crippen LogP contribution in [-0.2, 0) is 9.59 Å². The lowest BCUT2D eigenvalue weighted by molar-refractivity contribution is -0.138. The van der Waals surface area contributed by atoms with E-state index in [0.29, 0.717) is 12.3 Å². The molecule has 0 aromatic heterocycles. The number of unbranched alkanes of at least 4 members (excludes halogenated alkanes) is 3. The van der Waals surface area contributed by atoms with Gasteiger partial charge >= 0.3 is 5.97 Å². The number of nitrogens with zero attached hydrogens (tertiary/aromatic N) is 1. The number of hydrogen-bond donors (Lipinski definition) is 2. The molecule has 0 aliphatic carbocycles. The van der Waals surface area contributed by atoms with Gasteiger partial charge in [0.25, 0.3) is 0 Å². The van der Waals surface area contributed by atoms with Gasteiger partial charge in [-0.25, -0.2) is 0 Å². The first-order valence-electron chi connectivity index (χ1n) is 8.68. The van der Waals surface area contributed by atoms with E-state index in [2.05, 4.69) is 13.8 Å². The van der Waals surface area contributed by atoms with E-state index in [1.54, 1.807) is 0 Å². The molecule has 0 aromatic carbocycles. The maximum Gasteiger partial charge on any atom is 0.303 e. The summed E-state index contributed by atoms with van der Waals surface area (Å²) in [5.74, 6) is -0.0277. The summed E-state index contributed by atoms with van der Waals surface area (Å²) >= 11 is 0. The summed E-state index contributed by atoms with van der Waals surface area (Å²) in [6.45, 7) is 5.68. The smallest absolute Gasteiger partial charge is 0.303 e. The van der Waals surface area contributed by atoms with Crippen LogP contribution < -0.4 is 5.73 Å². The van der Waals surface area contributed by atoms with Crippen LogP contribution in [0.2, 0.25) is 0 Å². The molecule has 0 saturated carbocycles. The predicted molar refractivity (Wildman–Crippen MR) is 87.5 cm³/mol. The Morgan fingerprint density at radius 1 is 1.27 bits per heavy atom. The van der Waals surface area contributed by atoms with Crippen molar-refractivity contribution in [1.82, 2.24) is 4.90 Å². The molecular weight excluding hydrogens is 280 g/mol. The van der Waals surface area contributed by atoms with Crippen molar-refractivity contribution >= 4 is 11.9 Å². The lowest BCUT2D eigenvalue weighted by Crippen LogP contribution is -2.37. The molecule has 5 nitrogen and oxygen atoms in total. The maximum atomic E-state index is 12.6. The Morgan fingerprint density at radius 2 is 1.95 bits per heavy atom. The molecule has 5 heteroatoms. The zero-order valence-corrected chi connectivity index (χ0v) is 14.1. The van der Waals surface area contributed by atoms with Gasteiger partial charge in [0.2, 0.25) is 5.91 Å². The molecule has 1 rings (SSSR count). The minimum atomic E-state index is -0.776. The first-order valence-corrected chi connectivity index (χ1v) is 8.68. The van der Waals surface area contributed by atoms with Crippen LogP contribution in [0.1, 0.15) is 65.2 Å². The Bertz CT molecular complexity index is 358. The van der Waals surface area contributed by atoms with Crippen LogP contribution >= 0.6 is 0 Å². The summed E-state index contributed by atoms with van der Waals surface area (Å²) in [4.78, 5) is 25.3. The van der Waals surface area contributed by atoms with E-state index < -0.39 is 5.97 Å². The molecule has 0 aromatic rings. The van der Waals surface area contributed by atoms with Gasteiger partial charge in [-0.15, -0.1) is 0 Å². The molecule has 1 aliphatic heterocycles. The second-order valence-corrected chi connectivity index (χ2v) is 6.89. The molecule has 22 heavy (non-hydrogen) atoms. The van der Waals surface area contributed by atoms with Gasteiger partial charge in [-0.2, -0.15) is 0 Å². The topological polar surface area (TPSA) is 83.6 Å². The van der Waals surface area contributed by atoms with Crippen molar-refractivity contribution < 1.29 is 14.7 Å². The van der Waals surface area contributed by atoms with Gasteiger partial charge in [0.1, 0.15) is 0 Å². The van der Waals surface area contributed by atoms with Gasteiger partial charge in [0.15, 0.2) is 0 Å². The highest BCUT2D eigenvalue weighted by molar-refractivity contribution is 5.81. The second-order valence-electron chi connectivity index (χ2n) is 6.89. The molecule has 1 fully saturated rings. The number of likely N-dealkylation sites (tertiary alicyclic amines) is 1. The van der Waals surface area contributed by atoms with Gasteiger partial charge in [-0.05, 0) is 38.1 Å². The van der Waals surface area contributed by atoms with E-state index in [1.807, 2.05) is 4.90 Å². The van der Waals surface area contributed by atoms with Crippen LogP contribution in [0.15, 0.2) is 0 Å². The minimum Gasteiger partial charge on any atom is -0.481 e. The Balaban J connectivity index is 2.49. The third kappa shape index (κ3) is 6.34. The number of hydrogen-bond acceptors (Lipinski definition) is 3. The van der Waals surface area contributed by atoms with E-state index in [1.165, 1.54) is 0 Å². The third-order valence-electron chi connectivity index (χ3n) is 4.39. The minimum absolute atomic E-state index is 0.0930. The number of carbonyl (C=O) groups is 2. The number of carboxylic acids is 1. The molecule has 1 heterocycles. The van der Waals surface area contributed by atoms with Gasteiger partial charge in [0, 0.05) is 24.9 Å². The quantitative estimate of drug-likeness (QED) is 0.574. The number of nitrogens with two attached hydrogens (primary N) is 1. The maximum absolute atomic E-state index is 12.6. The highest BCUT2D eigenvalue weighted by Gasteiger charge is 2.38. The van der Waals surface area contributed by atoms with Gasteiger partial charge < -0.3 is 15.7 Å². The van der Waals surface area contributed by atoms with E-state index >= 15 is 0 Å². The Kier molecular flexibility index (Phi) is 8.46. The summed E-state index contributed by atoms with van der Waals surface area (Å²) in [7, 11) is 0. The molecule has 0 bridgehead atoms. The van der Waals surface area contributed by atoms with Crippen molar-refractivity contribution in [3.05, 3.63) is 0 Å². The highest BCUT2D eigenvalue weighted by atomic mass is 16.4. The fourth-order valence-electron chi connectivity index (χ4n) is 3.30. The van der Waals surface area contributed by atoms with Gasteiger partial charge in [0.05, 0.1) is 0 Å². The average molecular weight is 312 g/mol. The Labute approximate surface area is 134 Å². The lowest BCUT2D eigenvalue weighted by Gasteiger charge is -2.26. The number of carbonyl (C=O) groups excluding carboxylic acids is 1. The monoisotopic (exact) mass is 312 g/mol. The van der Waals surface area contributed by atoms with Crippen molar-refractivity contribution in [2.45, 2.75) is 71.3 Å². The largest absolute Gasteiger partial charge is 0.481 e. The molecule has 2 atom stereocenters. The van der Waals surface area contributed by atoms with Crippen LogP contribution in [-0.4, -0.2) is 41.0 Å². The molecule has 1 aliphatic rings. The van der Waals surface area contributed by atoms with Crippen LogP contribution in [0.25, 0.3) is 0 Å². The normalized spacial score (nSPS) is 21.8. The molecule has 1 amide bonds. The molecule has 0 radical (unpaired) electrons. The van der Waals surface area contributed by atoms with Crippen molar-refractivity contribution in [3.8, 4) is 0 Å². The summed E-state index contributed by atoms with van der Waals surface area (Å²) in [6.07, 6.45) is 6.88. The lowest BCUT2D eigenvalue weighted by atomic mass is 9.96. The standard InChI is InChI=1S/C17H32N2O3/c1-13(2)12-19-15(8-9-16(20)21)11-14(17(19)22)7-5-3-4-6-10-18/h13-15H,3-12,18H2,1-2H3,(H,20,21)/t14-,15+/m1/s1. The highest BCUT2D eigenvalue weighted by Crippen LogP contribution is 2.32. The average Bonchev–Trinajstić information content (AvgIpc) is 2.73. The number of rotatable bonds is 11. The van der Waals surface area contributed by atoms with Crippen LogP contribution in [0.5, 0.6) is 0 Å². The molecule has 0 spiro atoms.